The van der Waals surface area contributed by atoms with Gasteiger partial charge < -0.3 is 0 Å². The third kappa shape index (κ3) is 2.27. The van der Waals surface area contributed by atoms with Gasteiger partial charge in [-0.2, -0.15) is 0 Å². The molecule has 1 N–H and O–H groups in total. The summed E-state index contributed by atoms with van der Waals surface area (Å²) in [6.07, 6.45) is 7.95. The Hall–Kier alpha value is -2.13. The summed E-state index contributed by atoms with van der Waals surface area (Å²) >= 11 is 0. The lowest BCUT2D eigenvalue weighted by atomic mass is 10.1. The van der Waals surface area contributed by atoms with Gasteiger partial charge in [-0.15, -0.1) is 0 Å². The highest BCUT2D eigenvalue weighted by atomic mass is 16.5. The van der Waals surface area contributed by atoms with Crippen LogP contribution in [0.25, 0.3) is 0 Å². The van der Waals surface area contributed by atoms with Crippen LogP contribution in [0.4, 0.5) is 5.69 Å². The summed E-state index contributed by atoms with van der Waals surface area (Å²) in [5, 5.41) is 10.7. The molecule has 1 aliphatic carbocycles. The van der Waals surface area contributed by atoms with Gasteiger partial charge in [0.15, 0.2) is 5.78 Å². The highest BCUT2D eigenvalue weighted by molar-refractivity contribution is 6.07. The number of ketones is 1. The molecule has 1 aromatic carbocycles. The van der Waals surface area contributed by atoms with Crippen LogP contribution < -0.4 is 5.06 Å². The number of carbonyl (C=O) groups is 1. The van der Waals surface area contributed by atoms with E-state index < -0.39 is 0 Å². The topological polar surface area (TPSA) is 40.5 Å². The fraction of sp³-hybridized carbons (Fsp3) is 0. The van der Waals surface area contributed by atoms with Crippen LogP contribution in [-0.2, 0) is 4.79 Å². The molecular weight excluding hydrogens is 202 g/mol. The molecule has 0 unspecified atom stereocenters. The van der Waals surface area contributed by atoms with Gasteiger partial charge in [0.25, 0.3) is 0 Å². The van der Waals surface area contributed by atoms with Crippen LogP contribution >= 0.6 is 0 Å². The second kappa shape index (κ2) is 4.59. The van der Waals surface area contributed by atoms with E-state index in [2.05, 4.69) is 0 Å². The quantitative estimate of drug-likeness (QED) is 0.606. The fourth-order valence-electron chi connectivity index (χ4n) is 1.37. The molecule has 80 valence electrons. The maximum absolute atomic E-state index is 11.4. The number of allylic oxidation sites excluding steroid dienone is 5. The Morgan fingerprint density at radius 2 is 1.75 bits per heavy atom. The molecule has 0 bridgehead atoms. The molecule has 0 aromatic heterocycles. The predicted octanol–water partition coefficient (Wildman–Crippen LogP) is 2.46. The Morgan fingerprint density at radius 1 is 1.06 bits per heavy atom. The molecule has 0 spiro atoms. The maximum Gasteiger partial charge on any atom is 0.187 e. The summed E-state index contributed by atoms with van der Waals surface area (Å²) in [6, 6.07) is 9.00. The van der Waals surface area contributed by atoms with Gasteiger partial charge in [0.1, 0.15) is 0 Å². The van der Waals surface area contributed by atoms with Gasteiger partial charge in [-0.3, -0.25) is 10.0 Å². The number of carbonyl (C=O) groups excluding carboxylic acids is 1. The summed E-state index contributed by atoms with van der Waals surface area (Å²) in [4.78, 5) is 11.4. The highest BCUT2D eigenvalue weighted by Crippen LogP contribution is 2.14. The van der Waals surface area contributed by atoms with Gasteiger partial charge >= 0.3 is 0 Å². The second-order valence-corrected chi connectivity index (χ2v) is 3.35. The molecule has 0 radical (unpaired) electrons. The Balaban J connectivity index is 2.21. The van der Waals surface area contributed by atoms with Crippen molar-refractivity contribution in [3.63, 3.8) is 0 Å². The molecule has 0 heterocycles. The number of anilines is 1. The van der Waals surface area contributed by atoms with E-state index in [0.29, 0.717) is 11.3 Å². The monoisotopic (exact) mass is 213 g/mol. The molecule has 0 atom stereocenters. The summed E-state index contributed by atoms with van der Waals surface area (Å²) in [5.74, 6) is -0.113. The van der Waals surface area contributed by atoms with Crippen molar-refractivity contribution >= 4 is 11.5 Å². The van der Waals surface area contributed by atoms with Crippen LogP contribution in [0.2, 0.25) is 0 Å². The zero-order valence-corrected chi connectivity index (χ0v) is 8.58. The Morgan fingerprint density at radius 3 is 2.44 bits per heavy atom. The molecule has 0 aliphatic heterocycles. The summed E-state index contributed by atoms with van der Waals surface area (Å²) in [5.41, 5.74) is 1.07. The molecule has 16 heavy (non-hydrogen) atoms. The molecule has 2 rings (SSSR count). The largest absolute Gasteiger partial charge is 0.289 e. The van der Waals surface area contributed by atoms with Crippen molar-refractivity contribution < 1.29 is 10.0 Å². The maximum atomic E-state index is 11.4. The molecule has 3 nitrogen and oxygen atoms in total. The van der Waals surface area contributed by atoms with Crippen molar-refractivity contribution in [1.29, 1.82) is 0 Å². The van der Waals surface area contributed by atoms with Crippen LogP contribution in [0.15, 0.2) is 66.4 Å². The molecule has 0 saturated heterocycles. The molecule has 1 aliphatic rings. The van der Waals surface area contributed by atoms with Crippen molar-refractivity contribution in [3.8, 4) is 0 Å². The first-order chi connectivity index (χ1) is 7.77. The van der Waals surface area contributed by atoms with Crippen molar-refractivity contribution in [2.75, 3.05) is 5.06 Å². The summed E-state index contributed by atoms with van der Waals surface area (Å²) in [7, 11) is 0. The lowest BCUT2D eigenvalue weighted by molar-refractivity contribution is -0.111. The second-order valence-electron chi connectivity index (χ2n) is 3.35. The minimum absolute atomic E-state index is 0.113. The van der Waals surface area contributed by atoms with Gasteiger partial charge in [-0.05, 0) is 24.3 Å². The van der Waals surface area contributed by atoms with Crippen molar-refractivity contribution in [3.05, 3.63) is 66.4 Å². The molecule has 0 fully saturated rings. The van der Waals surface area contributed by atoms with E-state index in [1.54, 1.807) is 30.4 Å². The zero-order valence-electron chi connectivity index (χ0n) is 8.58. The fourth-order valence-corrected chi connectivity index (χ4v) is 1.37. The third-order valence-electron chi connectivity index (χ3n) is 2.20. The van der Waals surface area contributed by atoms with E-state index in [-0.39, 0.29) is 5.78 Å². The van der Waals surface area contributed by atoms with Gasteiger partial charge in [-0.25, -0.2) is 5.06 Å². The van der Waals surface area contributed by atoms with Crippen LogP contribution in [0, 0.1) is 0 Å². The molecule has 1 aromatic rings. The van der Waals surface area contributed by atoms with Crippen molar-refractivity contribution in [2.45, 2.75) is 0 Å². The van der Waals surface area contributed by atoms with Crippen molar-refractivity contribution in [1.82, 2.24) is 0 Å². The summed E-state index contributed by atoms with van der Waals surface area (Å²) < 4.78 is 0. The first kappa shape index (κ1) is 10.4. The minimum atomic E-state index is -0.113. The number of nitrogens with zero attached hydrogens (tertiary/aromatic N) is 1. The van der Waals surface area contributed by atoms with E-state index in [0.717, 1.165) is 5.06 Å². The van der Waals surface area contributed by atoms with Gasteiger partial charge in [0.05, 0.1) is 5.69 Å². The van der Waals surface area contributed by atoms with E-state index >= 15 is 0 Å². The number of para-hydroxylation sites is 1. The van der Waals surface area contributed by atoms with Crippen LogP contribution in [0.3, 0.4) is 0 Å². The predicted molar refractivity (Wildman–Crippen MR) is 62.1 cm³/mol. The van der Waals surface area contributed by atoms with E-state index in [1.807, 2.05) is 18.2 Å². The number of hydroxylamine groups is 1. The average molecular weight is 213 g/mol. The van der Waals surface area contributed by atoms with Gasteiger partial charge in [-0.1, -0.05) is 30.4 Å². The summed E-state index contributed by atoms with van der Waals surface area (Å²) in [6.45, 7) is 0. The van der Waals surface area contributed by atoms with Crippen LogP contribution in [0.5, 0.6) is 0 Å². The minimum Gasteiger partial charge on any atom is -0.289 e. The zero-order chi connectivity index (χ0) is 11.4. The van der Waals surface area contributed by atoms with Gasteiger partial charge in [0.2, 0.25) is 0 Å². The van der Waals surface area contributed by atoms with E-state index in [9.17, 15) is 10.0 Å². The van der Waals surface area contributed by atoms with E-state index in [4.69, 9.17) is 0 Å². The first-order valence-corrected chi connectivity index (χ1v) is 4.91. The standard InChI is InChI=1S/C13H11NO2/c15-13-9-5-4-6-11(13)10-14(16)12-7-2-1-3-8-12/h1-10,16H/b11-10+. The Kier molecular flexibility index (Phi) is 2.98. The molecule has 0 saturated carbocycles. The Bertz CT molecular complexity index is 472. The van der Waals surface area contributed by atoms with Gasteiger partial charge in [0, 0.05) is 11.8 Å². The number of benzene rings is 1. The lowest BCUT2D eigenvalue weighted by Crippen LogP contribution is -2.12. The number of hydrogen-bond donors (Lipinski definition) is 1. The average Bonchev–Trinajstić information content (AvgIpc) is 2.33. The normalized spacial score (nSPS) is 16.8. The number of hydrogen-bond acceptors (Lipinski definition) is 3. The SMILES string of the molecule is O=C1C=CC=C/C1=C\N(O)c1ccccc1. The van der Waals surface area contributed by atoms with Crippen molar-refractivity contribution in [2.24, 2.45) is 0 Å². The first-order valence-electron chi connectivity index (χ1n) is 4.91. The van der Waals surface area contributed by atoms with Crippen LogP contribution in [-0.4, -0.2) is 11.0 Å². The third-order valence-corrected chi connectivity index (χ3v) is 2.20. The smallest absolute Gasteiger partial charge is 0.187 e. The van der Waals surface area contributed by atoms with E-state index in [1.165, 1.54) is 12.3 Å². The Labute approximate surface area is 93.6 Å². The molecular formula is C13H11NO2. The molecule has 3 heteroatoms. The number of rotatable bonds is 2. The lowest BCUT2D eigenvalue weighted by Gasteiger charge is -2.13. The highest BCUT2D eigenvalue weighted by Gasteiger charge is 2.07. The van der Waals surface area contributed by atoms with Crippen LogP contribution in [0.1, 0.15) is 0 Å². The molecule has 0 amide bonds.